The number of alkyl halides is 1. The van der Waals surface area contributed by atoms with Gasteiger partial charge < -0.3 is 5.11 Å². The predicted octanol–water partition coefficient (Wildman–Crippen LogP) is 2.52. The zero-order valence-electron chi connectivity index (χ0n) is 7.46. The summed E-state index contributed by atoms with van der Waals surface area (Å²) in [7, 11) is 0. The van der Waals surface area contributed by atoms with Crippen LogP contribution >= 0.6 is 15.9 Å². The van der Waals surface area contributed by atoms with Gasteiger partial charge in [0.2, 0.25) is 0 Å². The molecule has 0 heterocycles. The third-order valence-corrected chi connectivity index (χ3v) is 1.98. The average Bonchev–Trinajstić information content (AvgIpc) is 2.19. The van der Waals surface area contributed by atoms with Crippen molar-refractivity contribution < 1.29 is 9.90 Å². The number of halogens is 1. The Balaban J connectivity index is 2.75. The third kappa shape index (κ3) is 3.23. The fourth-order valence-electron chi connectivity index (χ4n) is 0.908. The van der Waals surface area contributed by atoms with Gasteiger partial charge in [0, 0.05) is 17.3 Å². The number of hydrogen-bond acceptors (Lipinski definition) is 1. The summed E-state index contributed by atoms with van der Waals surface area (Å²) in [6, 6.07) is 6.54. The van der Waals surface area contributed by atoms with Crippen molar-refractivity contribution >= 4 is 21.9 Å². The van der Waals surface area contributed by atoms with Crippen LogP contribution in [0.25, 0.3) is 0 Å². The molecule has 0 radical (unpaired) electrons. The molecule has 0 aliphatic heterocycles. The van der Waals surface area contributed by atoms with E-state index in [4.69, 9.17) is 5.11 Å². The molecule has 0 aromatic heterocycles. The van der Waals surface area contributed by atoms with Crippen LogP contribution in [0.2, 0.25) is 0 Å². The van der Waals surface area contributed by atoms with Crippen molar-refractivity contribution in [1.82, 2.24) is 0 Å². The Kier molecular flexibility index (Phi) is 4.21. The minimum atomic E-state index is -0.912. The lowest BCUT2D eigenvalue weighted by Crippen LogP contribution is -1.94. The largest absolute Gasteiger partial charge is 0.478 e. The Hall–Kier alpha value is -1.27. The molecule has 1 aromatic rings. The van der Waals surface area contributed by atoms with Gasteiger partial charge >= 0.3 is 5.97 Å². The van der Waals surface area contributed by atoms with Gasteiger partial charge in [-0.3, -0.25) is 0 Å². The summed E-state index contributed by atoms with van der Waals surface area (Å²) in [5, 5.41) is 9.50. The minimum Gasteiger partial charge on any atom is -0.478 e. The van der Waals surface area contributed by atoms with Gasteiger partial charge in [-0.2, -0.15) is 0 Å². The third-order valence-electron chi connectivity index (χ3n) is 1.58. The topological polar surface area (TPSA) is 37.3 Å². The highest BCUT2D eigenvalue weighted by Crippen LogP contribution is 2.03. The summed E-state index contributed by atoms with van der Waals surface area (Å²) in [5.41, 5.74) is 1.13. The number of carboxylic acids is 1. The smallest absolute Gasteiger partial charge is 0.335 e. The Bertz CT molecular complexity index is 371. The van der Waals surface area contributed by atoms with Crippen molar-refractivity contribution in [3.8, 4) is 11.8 Å². The van der Waals surface area contributed by atoms with E-state index < -0.39 is 5.97 Å². The quantitative estimate of drug-likeness (QED) is 0.649. The molecular formula is C11H9BrO2. The molecule has 0 saturated heterocycles. The monoisotopic (exact) mass is 252 g/mol. The first-order valence-electron chi connectivity index (χ1n) is 4.12. The van der Waals surface area contributed by atoms with Gasteiger partial charge in [0.25, 0.3) is 0 Å². The van der Waals surface area contributed by atoms with Crippen LogP contribution in [0.15, 0.2) is 24.3 Å². The SMILES string of the molecule is O=C(O)c1ccc(C#CCCBr)cc1. The van der Waals surface area contributed by atoms with Crippen LogP contribution in [-0.4, -0.2) is 16.4 Å². The van der Waals surface area contributed by atoms with Crippen LogP contribution in [0.1, 0.15) is 22.3 Å². The lowest BCUT2D eigenvalue weighted by atomic mass is 10.1. The van der Waals surface area contributed by atoms with E-state index in [1.165, 1.54) is 0 Å². The Morgan fingerprint density at radius 2 is 2.00 bits per heavy atom. The summed E-state index contributed by atoms with van der Waals surface area (Å²) >= 11 is 3.27. The Morgan fingerprint density at radius 1 is 1.36 bits per heavy atom. The van der Waals surface area contributed by atoms with Gasteiger partial charge in [0.1, 0.15) is 0 Å². The van der Waals surface area contributed by atoms with Crippen LogP contribution in [0, 0.1) is 11.8 Å². The maximum Gasteiger partial charge on any atom is 0.335 e. The second-order valence-electron chi connectivity index (χ2n) is 2.62. The number of hydrogen-bond donors (Lipinski definition) is 1. The molecule has 0 fully saturated rings. The van der Waals surface area contributed by atoms with Crippen LogP contribution in [0.4, 0.5) is 0 Å². The molecule has 0 spiro atoms. The molecule has 14 heavy (non-hydrogen) atoms. The second-order valence-corrected chi connectivity index (χ2v) is 3.42. The Labute approximate surface area is 91.1 Å². The second kappa shape index (κ2) is 5.46. The van der Waals surface area contributed by atoms with Crippen molar-refractivity contribution in [3.63, 3.8) is 0 Å². The molecule has 0 aliphatic carbocycles. The molecule has 1 aromatic carbocycles. The van der Waals surface area contributed by atoms with E-state index in [1.54, 1.807) is 24.3 Å². The number of aromatic carboxylic acids is 1. The van der Waals surface area contributed by atoms with Gasteiger partial charge in [-0.15, -0.1) is 0 Å². The van der Waals surface area contributed by atoms with Crippen molar-refractivity contribution in [2.24, 2.45) is 0 Å². The Morgan fingerprint density at radius 3 is 2.50 bits per heavy atom. The highest BCUT2D eigenvalue weighted by atomic mass is 79.9. The molecule has 0 unspecified atom stereocenters. The first-order valence-corrected chi connectivity index (χ1v) is 5.24. The highest BCUT2D eigenvalue weighted by Gasteiger charge is 1.99. The maximum absolute atomic E-state index is 10.5. The fraction of sp³-hybridized carbons (Fsp3) is 0.182. The first kappa shape index (κ1) is 10.8. The van der Waals surface area contributed by atoms with Crippen molar-refractivity contribution in [2.45, 2.75) is 6.42 Å². The lowest BCUT2D eigenvalue weighted by molar-refractivity contribution is 0.0697. The molecule has 0 amide bonds. The minimum absolute atomic E-state index is 0.288. The lowest BCUT2D eigenvalue weighted by Gasteiger charge is -1.93. The van der Waals surface area contributed by atoms with E-state index in [9.17, 15) is 4.79 Å². The summed E-state index contributed by atoms with van der Waals surface area (Å²) < 4.78 is 0. The molecule has 0 saturated carbocycles. The summed E-state index contributed by atoms with van der Waals surface area (Å²) in [4.78, 5) is 10.5. The van der Waals surface area contributed by atoms with E-state index in [0.717, 1.165) is 17.3 Å². The van der Waals surface area contributed by atoms with Crippen LogP contribution in [0.3, 0.4) is 0 Å². The molecule has 0 aliphatic rings. The average molecular weight is 253 g/mol. The molecule has 2 nitrogen and oxygen atoms in total. The molecule has 1 N–H and O–H groups in total. The van der Waals surface area contributed by atoms with Gasteiger partial charge in [0.15, 0.2) is 0 Å². The van der Waals surface area contributed by atoms with Crippen molar-refractivity contribution in [3.05, 3.63) is 35.4 Å². The fourth-order valence-corrected chi connectivity index (χ4v) is 1.11. The summed E-state index contributed by atoms with van der Waals surface area (Å²) in [6.45, 7) is 0. The van der Waals surface area contributed by atoms with Gasteiger partial charge in [-0.1, -0.05) is 27.8 Å². The standard InChI is InChI=1S/C11H9BrO2/c12-8-2-1-3-9-4-6-10(7-5-9)11(13)14/h4-7H,2,8H2,(H,13,14). The first-order chi connectivity index (χ1) is 6.74. The van der Waals surface area contributed by atoms with Gasteiger partial charge in [-0.25, -0.2) is 4.79 Å². The molecule has 1 rings (SSSR count). The van der Waals surface area contributed by atoms with Gasteiger partial charge in [-0.05, 0) is 24.3 Å². The molecule has 0 bridgehead atoms. The van der Waals surface area contributed by atoms with E-state index in [2.05, 4.69) is 27.8 Å². The number of carboxylic acid groups (broad SMARTS) is 1. The van der Waals surface area contributed by atoms with E-state index in [0.29, 0.717) is 0 Å². The predicted molar refractivity (Wildman–Crippen MR) is 58.7 cm³/mol. The van der Waals surface area contributed by atoms with E-state index >= 15 is 0 Å². The zero-order chi connectivity index (χ0) is 10.4. The number of benzene rings is 1. The normalized spacial score (nSPS) is 8.93. The molecule has 72 valence electrons. The van der Waals surface area contributed by atoms with Crippen LogP contribution < -0.4 is 0 Å². The summed E-state index contributed by atoms with van der Waals surface area (Å²) in [6.07, 6.45) is 0.792. The number of carbonyl (C=O) groups is 1. The highest BCUT2D eigenvalue weighted by molar-refractivity contribution is 9.09. The summed E-state index contributed by atoms with van der Waals surface area (Å²) in [5.74, 6) is 4.98. The zero-order valence-corrected chi connectivity index (χ0v) is 9.04. The maximum atomic E-state index is 10.5. The molecule has 3 heteroatoms. The van der Waals surface area contributed by atoms with Crippen molar-refractivity contribution in [2.75, 3.05) is 5.33 Å². The van der Waals surface area contributed by atoms with E-state index in [1.807, 2.05) is 0 Å². The molecule has 0 atom stereocenters. The van der Waals surface area contributed by atoms with Crippen LogP contribution in [-0.2, 0) is 0 Å². The van der Waals surface area contributed by atoms with Crippen LogP contribution in [0.5, 0.6) is 0 Å². The van der Waals surface area contributed by atoms with Crippen molar-refractivity contribution in [1.29, 1.82) is 0 Å². The van der Waals surface area contributed by atoms with E-state index in [-0.39, 0.29) is 5.56 Å². The van der Waals surface area contributed by atoms with Gasteiger partial charge in [0.05, 0.1) is 5.56 Å². The number of rotatable bonds is 2. The molecular weight excluding hydrogens is 244 g/mol.